The molecule has 9 heteroatoms. The summed E-state index contributed by atoms with van der Waals surface area (Å²) in [5, 5.41) is 3.19. The average Bonchev–Trinajstić information content (AvgIpc) is 2.92. The standard InChI is InChI=1S/C18H22F2N4O2S/c1-9(10(2)21)14-15(22)16(27-17(14)23)18(25)24-7-11-3-5-12(6-4-11)26-8-13(19)20/h3-6,13H,7-8,21-23H2,1-2H3,(H,24,25)/b10-9-. The number of carbonyl (C=O) groups excluding carboxylic acids is 1. The van der Waals surface area contributed by atoms with Crippen molar-refractivity contribution in [2.45, 2.75) is 26.8 Å². The number of nitrogen functional groups attached to an aromatic ring is 2. The summed E-state index contributed by atoms with van der Waals surface area (Å²) < 4.78 is 29.2. The van der Waals surface area contributed by atoms with Crippen LogP contribution in [0.25, 0.3) is 5.57 Å². The zero-order chi connectivity index (χ0) is 20.1. The quantitative estimate of drug-likeness (QED) is 0.573. The lowest BCUT2D eigenvalue weighted by molar-refractivity contribution is 0.0818. The van der Waals surface area contributed by atoms with E-state index >= 15 is 0 Å². The SMILES string of the molecule is C/C(N)=C(\C)c1c(N)sc(C(=O)NCc2ccc(OCC(F)F)cc2)c1N. The number of nitrogens with one attached hydrogen (secondary N) is 1. The second-order valence-corrected chi connectivity index (χ2v) is 6.97. The van der Waals surface area contributed by atoms with Gasteiger partial charge in [-0.2, -0.15) is 0 Å². The zero-order valence-electron chi connectivity index (χ0n) is 15.0. The normalized spacial score (nSPS) is 12.0. The van der Waals surface area contributed by atoms with E-state index in [-0.39, 0.29) is 12.5 Å². The minimum Gasteiger partial charge on any atom is -0.488 e. The summed E-state index contributed by atoms with van der Waals surface area (Å²) in [7, 11) is 0. The van der Waals surface area contributed by atoms with Gasteiger partial charge in [-0.1, -0.05) is 12.1 Å². The van der Waals surface area contributed by atoms with Gasteiger partial charge in [0.15, 0.2) is 0 Å². The summed E-state index contributed by atoms with van der Waals surface area (Å²) >= 11 is 1.10. The summed E-state index contributed by atoms with van der Waals surface area (Å²) in [6, 6.07) is 6.50. The Hall–Kier alpha value is -2.81. The number of thiophene rings is 1. The number of alkyl halides is 2. The van der Waals surface area contributed by atoms with Gasteiger partial charge in [-0.15, -0.1) is 11.3 Å². The maximum atomic E-state index is 12.4. The van der Waals surface area contributed by atoms with Gasteiger partial charge in [0.25, 0.3) is 12.3 Å². The average molecular weight is 396 g/mol. The van der Waals surface area contributed by atoms with Crippen LogP contribution in [0.2, 0.25) is 0 Å². The summed E-state index contributed by atoms with van der Waals surface area (Å²) in [5.74, 6) is -0.0133. The van der Waals surface area contributed by atoms with E-state index in [2.05, 4.69) is 5.32 Å². The topological polar surface area (TPSA) is 116 Å². The molecule has 27 heavy (non-hydrogen) atoms. The van der Waals surface area contributed by atoms with E-state index in [4.69, 9.17) is 21.9 Å². The molecule has 0 bridgehead atoms. The number of anilines is 2. The Morgan fingerprint density at radius 3 is 2.41 bits per heavy atom. The first-order chi connectivity index (χ1) is 12.7. The number of hydrogen-bond acceptors (Lipinski definition) is 6. The van der Waals surface area contributed by atoms with Crippen molar-refractivity contribution in [1.29, 1.82) is 0 Å². The fourth-order valence-corrected chi connectivity index (χ4v) is 3.30. The predicted octanol–water partition coefficient (Wildman–Crippen LogP) is 3.20. The molecule has 0 saturated carbocycles. The highest BCUT2D eigenvalue weighted by atomic mass is 32.1. The Kier molecular flexibility index (Phi) is 6.62. The minimum atomic E-state index is -2.53. The lowest BCUT2D eigenvalue weighted by Gasteiger charge is -2.08. The molecule has 0 unspecified atom stereocenters. The van der Waals surface area contributed by atoms with E-state index in [1.165, 1.54) is 0 Å². The Morgan fingerprint density at radius 2 is 1.85 bits per heavy atom. The van der Waals surface area contributed by atoms with E-state index in [0.717, 1.165) is 22.5 Å². The van der Waals surface area contributed by atoms with Gasteiger partial charge >= 0.3 is 0 Å². The third-order valence-electron chi connectivity index (χ3n) is 3.90. The highest BCUT2D eigenvalue weighted by molar-refractivity contribution is 7.18. The first kappa shape index (κ1) is 20.5. The zero-order valence-corrected chi connectivity index (χ0v) is 15.8. The van der Waals surface area contributed by atoms with Crippen LogP contribution in [0.3, 0.4) is 0 Å². The van der Waals surface area contributed by atoms with Gasteiger partial charge in [-0.05, 0) is 37.1 Å². The molecule has 0 aliphatic carbocycles. The van der Waals surface area contributed by atoms with Crippen molar-refractivity contribution in [2.24, 2.45) is 5.73 Å². The number of ether oxygens (including phenoxy) is 1. The molecule has 0 aliphatic rings. The molecule has 6 nitrogen and oxygen atoms in total. The lowest BCUT2D eigenvalue weighted by atomic mass is 10.1. The number of allylic oxidation sites excluding steroid dienone is 2. The predicted molar refractivity (Wildman–Crippen MR) is 105 cm³/mol. The number of nitrogens with two attached hydrogens (primary N) is 3. The van der Waals surface area contributed by atoms with Crippen LogP contribution in [0.5, 0.6) is 5.75 Å². The van der Waals surface area contributed by atoms with Gasteiger partial charge in [-0.3, -0.25) is 4.79 Å². The third kappa shape index (κ3) is 5.10. The van der Waals surface area contributed by atoms with E-state index in [9.17, 15) is 13.6 Å². The first-order valence-electron chi connectivity index (χ1n) is 8.09. The first-order valence-corrected chi connectivity index (χ1v) is 8.91. The van der Waals surface area contributed by atoms with Crippen molar-refractivity contribution in [3.63, 3.8) is 0 Å². The fraction of sp³-hybridized carbons (Fsp3) is 0.278. The molecule has 0 spiro atoms. The van der Waals surface area contributed by atoms with Gasteiger partial charge in [-0.25, -0.2) is 8.78 Å². The summed E-state index contributed by atoms with van der Waals surface area (Å²) in [6.45, 7) is 3.11. The number of benzene rings is 1. The van der Waals surface area contributed by atoms with Crippen LogP contribution in [0, 0.1) is 0 Å². The molecule has 0 atom stereocenters. The molecule has 0 saturated heterocycles. The molecule has 2 aromatic rings. The second-order valence-electron chi connectivity index (χ2n) is 5.92. The van der Waals surface area contributed by atoms with Crippen molar-refractivity contribution in [3.8, 4) is 5.75 Å². The molecular weight excluding hydrogens is 374 g/mol. The van der Waals surface area contributed by atoms with Crippen LogP contribution >= 0.6 is 11.3 Å². The molecule has 1 amide bonds. The van der Waals surface area contributed by atoms with Gasteiger partial charge in [0.1, 0.15) is 17.2 Å². The molecule has 1 aromatic carbocycles. The smallest absolute Gasteiger partial charge is 0.272 e. The third-order valence-corrected chi connectivity index (χ3v) is 4.93. The molecule has 7 N–H and O–H groups in total. The van der Waals surface area contributed by atoms with Crippen molar-refractivity contribution in [2.75, 3.05) is 18.1 Å². The monoisotopic (exact) mass is 396 g/mol. The van der Waals surface area contributed by atoms with Crippen molar-refractivity contribution >= 4 is 33.5 Å². The van der Waals surface area contributed by atoms with Gasteiger partial charge in [0.2, 0.25) is 0 Å². The minimum absolute atomic E-state index is 0.241. The van der Waals surface area contributed by atoms with E-state index in [1.54, 1.807) is 38.1 Å². The second kappa shape index (κ2) is 8.72. The number of rotatable bonds is 7. The van der Waals surface area contributed by atoms with Gasteiger partial charge in [0.05, 0.1) is 10.7 Å². The Labute approximate surface area is 160 Å². The molecule has 2 rings (SSSR count). The number of carbonyl (C=O) groups is 1. The van der Waals surface area contributed by atoms with Crippen molar-refractivity contribution < 1.29 is 18.3 Å². The van der Waals surface area contributed by atoms with Crippen molar-refractivity contribution in [3.05, 3.63) is 46.0 Å². The van der Waals surface area contributed by atoms with Crippen LogP contribution in [0.1, 0.15) is 34.6 Å². The van der Waals surface area contributed by atoms with Crippen molar-refractivity contribution in [1.82, 2.24) is 5.32 Å². The summed E-state index contributed by atoms with van der Waals surface area (Å²) in [6.07, 6.45) is -2.53. The van der Waals surface area contributed by atoms with Crippen LogP contribution in [0.15, 0.2) is 30.0 Å². The van der Waals surface area contributed by atoms with Crippen LogP contribution < -0.4 is 27.3 Å². The number of halogens is 2. The molecule has 0 radical (unpaired) electrons. The molecule has 0 fully saturated rings. The lowest BCUT2D eigenvalue weighted by Crippen LogP contribution is -2.22. The summed E-state index contributed by atoms with van der Waals surface area (Å²) in [4.78, 5) is 12.8. The fourth-order valence-electron chi connectivity index (χ4n) is 2.34. The van der Waals surface area contributed by atoms with E-state index in [1.807, 2.05) is 0 Å². The molecule has 0 aliphatic heterocycles. The Morgan fingerprint density at radius 1 is 1.22 bits per heavy atom. The maximum Gasteiger partial charge on any atom is 0.272 e. The highest BCUT2D eigenvalue weighted by Gasteiger charge is 2.21. The Balaban J connectivity index is 2.04. The molecule has 1 aromatic heterocycles. The maximum absolute atomic E-state index is 12.4. The van der Waals surface area contributed by atoms with E-state index < -0.39 is 13.0 Å². The van der Waals surface area contributed by atoms with Crippen LogP contribution in [-0.4, -0.2) is 18.9 Å². The molecular formula is C18H22F2N4O2S. The van der Waals surface area contributed by atoms with Crippen LogP contribution in [-0.2, 0) is 6.54 Å². The van der Waals surface area contributed by atoms with Gasteiger partial charge in [0, 0.05) is 17.8 Å². The molecule has 146 valence electrons. The Bertz CT molecular complexity index is 844. The number of amides is 1. The van der Waals surface area contributed by atoms with Crippen LogP contribution in [0.4, 0.5) is 19.5 Å². The highest BCUT2D eigenvalue weighted by Crippen LogP contribution is 2.38. The van der Waals surface area contributed by atoms with Gasteiger partial charge < -0.3 is 27.3 Å². The summed E-state index contributed by atoms with van der Waals surface area (Å²) in [5.41, 5.74) is 20.9. The number of hydrogen-bond donors (Lipinski definition) is 4. The molecule has 1 heterocycles. The van der Waals surface area contributed by atoms with E-state index in [0.29, 0.717) is 32.6 Å². The largest absolute Gasteiger partial charge is 0.488 e.